The van der Waals surface area contributed by atoms with E-state index in [1.807, 2.05) is 6.07 Å². The standard InChI is InChI=1S/C21H16Cl2N4O2S/c1-28-18-7-12(19-13(8-24)20(26)30-21(27)14(19)9-25)3-5-17(18)29-10-11-2-4-15(22)16(23)6-11/h2-7,19H,10,26-27H2,1H3. The Hall–Kier alpha value is -2.97. The molecule has 1 heterocycles. The summed E-state index contributed by atoms with van der Waals surface area (Å²) in [4.78, 5) is 0. The van der Waals surface area contributed by atoms with Crippen LogP contribution in [0, 0.1) is 22.7 Å². The number of ether oxygens (including phenoxy) is 2. The predicted octanol–water partition coefficient (Wildman–Crippen LogP) is 4.80. The van der Waals surface area contributed by atoms with Gasteiger partial charge in [0.2, 0.25) is 0 Å². The van der Waals surface area contributed by atoms with E-state index in [2.05, 4.69) is 12.1 Å². The zero-order valence-electron chi connectivity index (χ0n) is 15.8. The summed E-state index contributed by atoms with van der Waals surface area (Å²) in [6, 6.07) is 14.6. The van der Waals surface area contributed by atoms with E-state index in [1.54, 1.807) is 30.3 Å². The number of hydrogen-bond donors (Lipinski definition) is 2. The zero-order chi connectivity index (χ0) is 21.8. The Bertz CT molecular complexity index is 1110. The maximum Gasteiger partial charge on any atom is 0.161 e. The first-order valence-corrected chi connectivity index (χ1v) is 10.2. The average Bonchev–Trinajstić information content (AvgIpc) is 2.74. The molecule has 0 unspecified atom stereocenters. The van der Waals surface area contributed by atoms with E-state index in [4.69, 9.17) is 44.1 Å². The number of nitrogens with two attached hydrogens (primary N) is 2. The highest BCUT2D eigenvalue weighted by molar-refractivity contribution is 8.06. The van der Waals surface area contributed by atoms with Gasteiger partial charge in [0.1, 0.15) is 6.61 Å². The predicted molar refractivity (Wildman–Crippen MR) is 118 cm³/mol. The minimum atomic E-state index is -0.667. The van der Waals surface area contributed by atoms with E-state index in [0.29, 0.717) is 27.1 Å². The summed E-state index contributed by atoms with van der Waals surface area (Å²) in [6.45, 7) is 0.249. The van der Waals surface area contributed by atoms with Crippen molar-refractivity contribution in [3.05, 3.63) is 78.8 Å². The van der Waals surface area contributed by atoms with Gasteiger partial charge in [-0.1, -0.05) is 47.1 Å². The molecule has 2 aromatic carbocycles. The number of methoxy groups -OCH3 is 1. The van der Waals surface area contributed by atoms with E-state index >= 15 is 0 Å². The van der Waals surface area contributed by atoms with Crippen LogP contribution in [0.3, 0.4) is 0 Å². The van der Waals surface area contributed by atoms with Crippen LogP contribution in [0.15, 0.2) is 57.6 Å². The van der Waals surface area contributed by atoms with Crippen molar-refractivity contribution >= 4 is 35.0 Å². The molecule has 0 amide bonds. The average molecular weight is 459 g/mol. The third-order valence-corrected chi connectivity index (χ3v) is 6.09. The molecule has 0 atom stereocenters. The topological polar surface area (TPSA) is 118 Å². The molecule has 3 rings (SSSR count). The Balaban J connectivity index is 1.93. The van der Waals surface area contributed by atoms with E-state index in [0.717, 1.165) is 17.3 Å². The Labute approximate surface area is 188 Å². The summed E-state index contributed by atoms with van der Waals surface area (Å²) in [7, 11) is 1.51. The lowest BCUT2D eigenvalue weighted by Crippen LogP contribution is -2.18. The minimum absolute atomic E-state index is 0.249. The SMILES string of the molecule is COc1cc(C2C(C#N)=C(N)SC(N)=C2C#N)ccc1OCc1ccc(Cl)c(Cl)c1. The van der Waals surface area contributed by atoms with E-state index in [-0.39, 0.29) is 27.8 Å². The highest BCUT2D eigenvalue weighted by atomic mass is 35.5. The molecule has 0 spiro atoms. The van der Waals surface area contributed by atoms with Crippen LogP contribution < -0.4 is 20.9 Å². The van der Waals surface area contributed by atoms with Crippen LogP contribution in [0.4, 0.5) is 0 Å². The molecule has 0 aliphatic carbocycles. The third-order valence-electron chi connectivity index (χ3n) is 4.47. The zero-order valence-corrected chi connectivity index (χ0v) is 18.1. The smallest absolute Gasteiger partial charge is 0.161 e. The minimum Gasteiger partial charge on any atom is -0.493 e. The molecule has 152 valence electrons. The van der Waals surface area contributed by atoms with Crippen LogP contribution in [-0.4, -0.2) is 7.11 Å². The van der Waals surface area contributed by atoms with E-state index in [9.17, 15) is 10.5 Å². The molecular formula is C21H16Cl2N4O2S. The molecule has 9 heteroatoms. The first-order chi connectivity index (χ1) is 14.4. The molecule has 0 saturated heterocycles. The summed E-state index contributed by atoms with van der Waals surface area (Å²) in [5, 5.41) is 20.6. The lowest BCUT2D eigenvalue weighted by atomic mass is 9.85. The van der Waals surface area contributed by atoms with Gasteiger partial charge in [-0.25, -0.2) is 0 Å². The molecule has 30 heavy (non-hydrogen) atoms. The highest BCUT2D eigenvalue weighted by Crippen LogP contribution is 2.44. The van der Waals surface area contributed by atoms with Crippen LogP contribution in [0.5, 0.6) is 11.5 Å². The number of halogens is 2. The van der Waals surface area contributed by atoms with Gasteiger partial charge in [0, 0.05) is 0 Å². The molecule has 2 aromatic rings. The second-order valence-electron chi connectivity index (χ2n) is 6.26. The fourth-order valence-corrected chi connectivity index (χ4v) is 4.11. The van der Waals surface area contributed by atoms with Crippen molar-refractivity contribution in [3.63, 3.8) is 0 Å². The van der Waals surface area contributed by atoms with Crippen LogP contribution in [0.2, 0.25) is 10.0 Å². The molecule has 0 aromatic heterocycles. The van der Waals surface area contributed by atoms with Gasteiger partial charge < -0.3 is 20.9 Å². The fraction of sp³-hybridized carbons (Fsp3) is 0.143. The summed E-state index contributed by atoms with van der Waals surface area (Å²) in [5.74, 6) is 0.264. The summed E-state index contributed by atoms with van der Waals surface area (Å²) in [5.41, 5.74) is 14.0. The fourth-order valence-electron chi connectivity index (χ4n) is 3.00. The Morgan fingerprint density at radius 1 is 0.967 bits per heavy atom. The number of nitrogens with zero attached hydrogens (tertiary/aromatic N) is 2. The number of benzene rings is 2. The van der Waals surface area contributed by atoms with Gasteiger partial charge in [-0.05, 0) is 35.4 Å². The van der Waals surface area contributed by atoms with Crippen LogP contribution >= 0.6 is 35.0 Å². The quantitative estimate of drug-likeness (QED) is 0.659. The van der Waals surface area contributed by atoms with Crippen molar-refractivity contribution in [2.24, 2.45) is 11.5 Å². The van der Waals surface area contributed by atoms with Gasteiger partial charge in [0.05, 0.1) is 56.4 Å². The maximum atomic E-state index is 9.58. The number of hydrogen-bond acceptors (Lipinski definition) is 7. The van der Waals surface area contributed by atoms with Gasteiger partial charge >= 0.3 is 0 Å². The summed E-state index contributed by atoms with van der Waals surface area (Å²) < 4.78 is 11.3. The summed E-state index contributed by atoms with van der Waals surface area (Å²) in [6.07, 6.45) is 0. The van der Waals surface area contributed by atoms with Crippen LogP contribution in [0.1, 0.15) is 17.0 Å². The second kappa shape index (κ2) is 9.23. The van der Waals surface area contributed by atoms with Crippen LogP contribution in [-0.2, 0) is 6.61 Å². The largest absolute Gasteiger partial charge is 0.493 e. The molecule has 0 radical (unpaired) electrons. The van der Waals surface area contributed by atoms with Gasteiger partial charge in [-0.2, -0.15) is 10.5 Å². The van der Waals surface area contributed by atoms with Crippen molar-refractivity contribution < 1.29 is 9.47 Å². The van der Waals surface area contributed by atoms with Gasteiger partial charge in [0.25, 0.3) is 0 Å². The molecule has 0 saturated carbocycles. The van der Waals surface area contributed by atoms with Crippen molar-refractivity contribution in [3.8, 4) is 23.6 Å². The maximum absolute atomic E-state index is 9.58. The normalized spacial score (nSPS) is 14.3. The van der Waals surface area contributed by atoms with Crippen molar-refractivity contribution in [2.45, 2.75) is 12.5 Å². The third kappa shape index (κ3) is 4.29. The number of allylic oxidation sites excluding steroid dienone is 2. The molecule has 1 aliphatic rings. The van der Waals surface area contributed by atoms with Crippen molar-refractivity contribution in [2.75, 3.05) is 7.11 Å². The van der Waals surface area contributed by atoms with Crippen molar-refractivity contribution in [1.29, 1.82) is 10.5 Å². The van der Waals surface area contributed by atoms with Crippen molar-refractivity contribution in [1.82, 2.24) is 0 Å². The Morgan fingerprint density at radius 3 is 2.20 bits per heavy atom. The van der Waals surface area contributed by atoms with Crippen LogP contribution in [0.25, 0.3) is 0 Å². The number of rotatable bonds is 5. The molecule has 1 aliphatic heterocycles. The molecule has 0 fully saturated rings. The molecule has 0 bridgehead atoms. The first-order valence-electron chi connectivity index (χ1n) is 8.61. The first kappa shape index (κ1) is 21.7. The van der Waals surface area contributed by atoms with Gasteiger partial charge in [0.15, 0.2) is 11.5 Å². The lowest BCUT2D eigenvalue weighted by Gasteiger charge is -2.24. The molecule has 4 N–H and O–H groups in total. The number of nitriles is 2. The lowest BCUT2D eigenvalue weighted by molar-refractivity contribution is 0.284. The highest BCUT2D eigenvalue weighted by Gasteiger charge is 2.31. The van der Waals surface area contributed by atoms with Gasteiger partial charge in [-0.15, -0.1) is 0 Å². The second-order valence-corrected chi connectivity index (χ2v) is 8.16. The summed E-state index contributed by atoms with van der Waals surface area (Å²) >= 11 is 13.0. The van der Waals surface area contributed by atoms with E-state index in [1.165, 1.54) is 7.11 Å². The molecule has 6 nitrogen and oxygen atoms in total. The number of thioether (sulfide) groups is 1. The van der Waals surface area contributed by atoms with E-state index < -0.39 is 5.92 Å². The molecular weight excluding hydrogens is 443 g/mol. The van der Waals surface area contributed by atoms with Gasteiger partial charge in [-0.3, -0.25) is 0 Å². The Morgan fingerprint density at radius 2 is 1.63 bits per heavy atom. The Kier molecular flexibility index (Phi) is 6.69. The monoisotopic (exact) mass is 458 g/mol.